The van der Waals surface area contributed by atoms with Gasteiger partial charge in [-0.2, -0.15) is 0 Å². The minimum atomic E-state index is -1.41. The number of likely N-dealkylation sites (N-methyl/N-ethyl adjacent to an activating group) is 1. The fourth-order valence-electron chi connectivity index (χ4n) is 2.75. The molecule has 0 amide bonds. The molecule has 0 radical (unpaired) electrons. The molecule has 0 aliphatic carbocycles. The van der Waals surface area contributed by atoms with Gasteiger partial charge >= 0.3 is 0 Å². The largest absolute Gasteiger partial charge is 0.364 e. The van der Waals surface area contributed by atoms with E-state index in [9.17, 15) is 10.2 Å². The molecule has 1 aliphatic heterocycles. The molecule has 0 atom stereocenters. The zero-order valence-corrected chi connectivity index (χ0v) is 10.7. The predicted octanol–water partition coefficient (Wildman–Crippen LogP) is 2.30. The Bertz CT molecular complexity index is 475. The number of nitrogens with zero attached hydrogens (tertiary/aromatic N) is 1. The Kier molecular flexibility index (Phi) is 2.76. The zero-order valence-electron chi connectivity index (χ0n) is 10.7. The fraction of sp³-hybridized carbons (Fsp3) is 0.429. The summed E-state index contributed by atoms with van der Waals surface area (Å²) in [5, 5.41) is 18.5. The van der Waals surface area contributed by atoms with Gasteiger partial charge in [0.05, 0.1) is 0 Å². The Morgan fingerprint density at radius 2 is 1.94 bits per heavy atom. The smallest absolute Gasteiger partial charge is 0.178 e. The Morgan fingerprint density at radius 3 is 2.47 bits per heavy atom. The lowest BCUT2D eigenvalue weighted by molar-refractivity contribution is -0.0425. The average Bonchev–Trinajstić information content (AvgIpc) is 2.46. The van der Waals surface area contributed by atoms with Gasteiger partial charge < -0.3 is 15.1 Å². The maximum atomic E-state index is 9.24. The minimum Gasteiger partial charge on any atom is -0.364 e. The molecule has 1 aromatic carbocycles. The van der Waals surface area contributed by atoms with Crippen LogP contribution >= 0.6 is 0 Å². The first-order valence-corrected chi connectivity index (χ1v) is 5.80. The molecule has 0 fully saturated rings. The van der Waals surface area contributed by atoms with Crippen LogP contribution in [-0.2, 0) is 5.41 Å². The summed E-state index contributed by atoms with van der Waals surface area (Å²) in [4.78, 5) is 2.16. The van der Waals surface area contributed by atoms with E-state index in [0.717, 1.165) is 11.3 Å². The summed E-state index contributed by atoms with van der Waals surface area (Å²) in [6.07, 6.45) is 0.700. The maximum Gasteiger partial charge on any atom is 0.178 e. The van der Waals surface area contributed by atoms with Crippen molar-refractivity contribution >= 4 is 5.69 Å². The number of hydrogen-bond donors (Lipinski definition) is 2. The lowest BCUT2D eigenvalue weighted by atomic mass is 9.83. The van der Waals surface area contributed by atoms with Crippen molar-refractivity contribution in [2.75, 3.05) is 11.9 Å². The van der Waals surface area contributed by atoms with Gasteiger partial charge in [0.25, 0.3) is 0 Å². The molecule has 3 nitrogen and oxygen atoms in total. The van der Waals surface area contributed by atoms with E-state index < -0.39 is 6.29 Å². The summed E-state index contributed by atoms with van der Waals surface area (Å²) in [6, 6.07) is 5.59. The van der Waals surface area contributed by atoms with Crippen molar-refractivity contribution in [1.29, 1.82) is 0 Å². The second kappa shape index (κ2) is 3.86. The molecule has 1 aromatic rings. The lowest BCUT2D eigenvalue weighted by Crippen LogP contribution is -2.22. The van der Waals surface area contributed by atoms with Crippen LogP contribution in [0.25, 0.3) is 0 Å². The van der Waals surface area contributed by atoms with Gasteiger partial charge in [-0.15, -0.1) is 0 Å². The van der Waals surface area contributed by atoms with Crippen LogP contribution in [0.15, 0.2) is 30.0 Å². The number of anilines is 1. The highest BCUT2D eigenvalue weighted by Gasteiger charge is 2.38. The molecule has 3 heteroatoms. The van der Waals surface area contributed by atoms with E-state index >= 15 is 0 Å². The third kappa shape index (κ3) is 1.66. The molecule has 0 spiro atoms. The van der Waals surface area contributed by atoms with Gasteiger partial charge in [-0.3, -0.25) is 0 Å². The molecule has 17 heavy (non-hydrogen) atoms. The van der Waals surface area contributed by atoms with Crippen LogP contribution in [0.2, 0.25) is 0 Å². The topological polar surface area (TPSA) is 43.7 Å². The standard InChI is InChI=1S/C14H19NO2/c1-5-12-14(2,3)10-8-9(13(16)17)6-7-11(10)15(12)4/h5-8,13,16-17H,1-4H3. The number of hydrogen-bond acceptors (Lipinski definition) is 3. The van der Waals surface area contributed by atoms with Gasteiger partial charge in [0.2, 0.25) is 0 Å². The normalized spacial score (nSPS) is 20.2. The number of aliphatic hydroxyl groups excluding tert-OH is 1. The van der Waals surface area contributed by atoms with Gasteiger partial charge in [-0.25, -0.2) is 0 Å². The van der Waals surface area contributed by atoms with Crippen molar-refractivity contribution in [3.63, 3.8) is 0 Å². The minimum absolute atomic E-state index is 0.0935. The molecule has 0 saturated carbocycles. The molecule has 0 unspecified atom stereocenters. The summed E-state index contributed by atoms with van der Waals surface area (Å²) >= 11 is 0. The highest BCUT2D eigenvalue weighted by atomic mass is 16.5. The van der Waals surface area contributed by atoms with Gasteiger partial charge in [0, 0.05) is 29.4 Å². The molecule has 0 bridgehead atoms. The number of benzene rings is 1. The van der Waals surface area contributed by atoms with Crippen LogP contribution in [0, 0.1) is 0 Å². The van der Waals surface area contributed by atoms with E-state index in [1.165, 1.54) is 5.70 Å². The molecular formula is C14H19NO2. The maximum absolute atomic E-state index is 9.24. The van der Waals surface area contributed by atoms with E-state index in [-0.39, 0.29) is 5.41 Å². The molecule has 1 aliphatic rings. The fourth-order valence-corrected chi connectivity index (χ4v) is 2.75. The quantitative estimate of drug-likeness (QED) is 0.731. The number of allylic oxidation sites excluding steroid dienone is 2. The lowest BCUT2D eigenvalue weighted by Gasteiger charge is -2.23. The van der Waals surface area contributed by atoms with Crippen molar-refractivity contribution in [3.8, 4) is 0 Å². The summed E-state index contributed by atoms with van der Waals surface area (Å²) in [5.41, 5.74) is 3.95. The van der Waals surface area contributed by atoms with Gasteiger partial charge in [-0.1, -0.05) is 26.0 Å². The molecular weight excluding hydrogens is 214 g/mol. The van der Waals surface area contributed by atoms with Crippen molar-refractivity contribution in [2.45, 2.75) is 32.5 Å². The summed E-state index contributed by atoms with van der Waals surface area (Å²) < 4.78 is 0. The second-order valence-corrected chi connectivity index (χ2v) is 5.01. The van der Waals surface area contributed by atoms with Crippen LogP contribution in [0.1, 0.15) is 38.2 Å². The van der Waals surface area contributed by atoms with Gasteiger partial charge in [-0.05, 0) is 24.6 Å². The SMILES string of the molecule is CC=C1N(C)c2ccc(C(O)O)cc2C1(C)C. The first-order valence-electron chi connectivity index (χ1n) is 5.80. The molecule has 1 heterocycles. The average molecular weight is 233 g/mol. The third-order valence-electron chi connectivity index (χ3n) is 3.63. The van der Waals surface area contributed by atoms with E-state index in [2.05, 4.69) is 24.8 Å². The van der Waals surface area contributed by atoms with Crippen LogP contribution < -0.4 is 4.90 Å². The van der Waals surface area contributed by atoms with Gasteiger partial charge in [0.1, 0.15) is 0 Å². The van der Waals surface area contributed by atoms with E-state index in [1.807, 2.05) is 26.1 Å². The van der Waals surface area contributed by atoms with E-state index in [0.29, 0.717) is 5.56 Å². The Morgan fingerprint density at radius 1 is 1.29 bits per heavy atom. The third-order valence-corrected chi connectivity index (χ3v) is 3.63. The highest BCUT2D eigenvalue weighted by molar-refractivity contribution is 5.70. The van der Waals surface area contributed by atoms with Crippen LogP contribution in [0.3, 0.4) is 0 Å². The molecule has 2 N–H and O–H groups in total. The molecule has 0 saturated heterocycles. The number of rotatable bonds is 1. The highest BCUT2D eigenvalue weighted by Crippen LogP contribution is 2.47. The van der Waals surface area contributed by atoms with Crippen LogP contribution in [0.5, 0.6) is 0 Å². The van der Waals surface area contributed by atoms with Crippen molar-refractivity contribution in [1.82, 2.24) is 0 Å². The number of fused-ring (bicyclic) bond motifs is 1. The van der Waals surface area contributed by atoms with E-state index in [4.69, 9.17) is 0 Å². The van der Waals surface area contributed by atoms with Crippen LogP contribution in [-0.4, -0.2) is 17.3 Å². The number of aliphatic hydroxyl groups is 2. The first-order chi connectivity index (χ1) is 7.89. The van der Waals surface area contributed by atoms with Crippen molar-refractivity contribution in [3.05, 3.63) is 41.1 Å². The summed E-state index contributed by atoms with van der Waals surface area (Å²) in [7, 11) is 2.04. The Labute approximate surface area is 102 Å². The Hall–Kier alpha value is -1.32. The zero-order chi connectivity index (χ0) is 12.8. The molecule has 0 aromatic heterocycles. The summed E-state index contributed by atoms with van der Waals surface area (Å²) in [6.45, 7) is 6.33. The second-order valence-electron chi connectivity index (χ2n) is 5.01. The summed E-state index contributed by atoms with van der Waals surface area (Å²) in [5.74, 6) is 0. The van der Waals surface area contributed by atoms with Gasteiger partial charge in [0.15, 0.2) is 6.29 Å². The monoisotopic (exact) mass is 233 g/mol. The Balaban J connectivity index is 2.62. The first kappa shape index (κ1) is 12.1. The van der Waals surface area contributed by atoms with Crippen molar-refractivity contribution in [2.24, 2.45) is 0 Å². The predicted molar refractivity (Wildman–Crippen MR) is 68.8 cm³/mol. The molecule has 92 valence electrons. The van der Waals surface area contributed by atoms with Crippen molar-refractivity contribution < 1.29 is 10.2 Å². The van der Waals surface area contributed by atoms with E-state index in [1.54, 1.807) is 6.07 Å². The molecule has 2 rings (SSSR count). The van der Waals surface area contributed by atoms with Crippen LogP contribution in [0.4, 0.5) is 5.69 Å².